The van der Waals surface area contributed by atoms with Crippen LogP contribution >= 0.6 is 15.9 Å². The molecule has 0 aliphatic rings. The van der Waals surface area contributed by atoms with Crippen LogP contribution in [0.5, 0.6) is 0 Å². The number of hydrogen-bond acceptors (Lipinski definition) is 2. The Balaban J connectivity index is 2.57. The molecule has 1 aromatic rings. The molecule has 0 fully saturated rings. The second-order valence-electron chi connectivity index (χ2n) is 5.32. The molecule has 2 nitrogen and oxygen atoms in total. The fraction of sp³-hybridized carbons (Fsp3) is 0.533. The highest BCUT2D eigenvalue weighted by molar-refractivity contribution is 9.10. The Bertz CT molecular complexity index is 377. The molecular weight excluding hydrogens is 290 g/mol. The number of halogens is 1. The van der Waals surface area contributed by atoms with Crippen LogP contribution in [-0.4, -0.2) is 24.8 Å². The predicted octanol–water partition coefficient (Wildman–Crippen LogP) is 3.89. The summed E-state index contributed by atoms with van der Waals surface area (Å²) < 4.78 is 1.10. The molecule has 1 unspecified atom stereocenters. The van der Waals surface area contributed by atoms with Crippen LogP contribution in [0.25, 0.3) is 0 Å². The van der Waals surface area contributed by atoms with Gasteiger partial charge in [-0.1, -0.05) is 48.3 Å². The number of hydrogen-bond donors (Lipinski definition) is 0. The lowest BCUT2D eigenvalue weighted by molar-refractivity contribution is -0.116. The summed E-state index contributed by atoms with van der Waals surface area (Å²) in [5.74, 6) is 0. The Morgan fingerprint density at radius 2 is 1.94 bits per heavy atom. The molecule has 1 rings (SSSR count). The van der Waals surface area contributed by atoms with Crippen LogP contribution in [0, 0.1) is 5.41 Å². The van der Waals surface area contributed by atoms with Gasteiger partial charge in [-0.25, -0.2) is 0 Å². The van der Waals surface area contributed by atoms with Crippen LogP contribution in [0.15, 0.2) is 28.7 Å². The summed E-state index contributed by atoms with van der Waals surface area (Å²) in [6.07, 6.45) is 3.09. The summed E-state index contributed by atoms with van der Waals surface area (Å²) in [4.78, 5) is 13.4. The molecule has 0 N–H and O–H groups in total. The van der Waals surface area contributed by atoms with Crippen molar-refractivity contribution in [1.82, 2.24) is 4.90 Å². The molecule has 0 saturated heterocycles. The van der Waals surface area contributed by atoms with Crippen molar-refractivity contribution in [3.63, 3.8) is 0 Å². The molecule has 0 aliphatic heterocycles. The van der Waals surface area contributed by atoms with E-state index in [1.807, 2.05) is 19.1 Å². The van der Waals surface area contributed by atoms with Crippen molar-refractivity contribution in [2.75, 3.05) is 13.6 Å². The third-order valence-electron chi connectivity index (χ3n) is 3.10. The highest BCUT2D eigenvalue weighted by Gasteiger charge is 2.24. The second-order valence-corrected chi connectivity index (χ2v) is 6.24. The standard InChI is InChI=1S/C15H22BrNO/c1-4-9-15(2,12-18)11-17(3)10-13-5-7-14(16)8-6-13/h5-8,12H,4,9-11H2,1-3H3. The third kappa shape index (κ3) is 4.91. The summed E-state index contributed by atoms with van der Waals surface area (Å²) in [7, 11) is 2.07. The molecule has 1 atom stereocenters. The monoisotopic (exact) mass is 311 g/mol. The van der Waals surface area contributed by atoms with Gasteiger partial charge in [-0.05, 0) is 31.2 Å². The van der Waals surface area contributed by atoms with Crippen molar-refractivity contribution in [2.24, 2.45) is 5.41 Å². The SMILES string of the molecule is CCCC(C)(C=O)CN(C)Cc1ccc(Br)cc1. The number of nitrogens with zero attached hydrogens (tertiary/aromatic N) is 1. The van der Waals surface area contributed by atoms with E-state index in [1.165, 1.54) is 5.56 Å². The van der Waals surface area contributed by atoms with E-state index >= 15 is 0 Å². The Hall–Kier alpha value is -0.670. The zero-order valence-corrected chi connectivity index (χ0v) is 13.0. The summed E-state index contributed by atoms with van der Waals surface area (Å²) >= 11 is 3.43. The van der Waals surface area contributed by atoms with Crippen molar-refractivity contribution in [2.45, 2.75) is 33.2 Å². The number of carbonyl (C=O) groups excluding carboxylic acids is 1. The van der Waals surface area contributed by atoms with Crippen LogP contribution in [0.3, 0.4) is 0 Å². The van der Waals surface area contributed by atoms with E-state index in [0.717, 1.165) is 36.7 Å². The van der Waals surface area contributed by atoms with Gasteiger partial charge in [0, 0.05) is 23.0 Å². The Morgan fingerprint density at radius 1 is 1.33 bits per heavy atom. The average molecular weight is 312 g/mol. The van der Waals surface area contributed by atoms with E-state index in [4.69, 9.17) is 0 Å². The molecule has 0 aliphatic carbocycles. The van der Waals surface area contributed by atoms with E-state index in [1.54, 1.807) is 0 Å². The summed E-state index contributed by atoms with van der Waals surface area (Å²) in [6.45, 7) is 5.85. The van der Waals surface area contributed by atoms with E-state index in [9.17, 15) is 4.79 Å². The topological polar surface area (TPSA) is 20.3 Å². The molecule has 0 bridgehead atoms. The van der Waals surface area contributed by atoms with E-state index in [0.29, 0.717) is 0 Å². The predicted molar refractivity (Wildman–Crippen MR) is 79.6 cm³/mol. The molecule has 1 aromatic carbocycles. The van der Waals surface area contributed by atoms with Gasteiger partial charge in [-0.2, -0.15) is 0 Å². The molecule has 0 heterocycles. The molecule has 3 heteroatoms. The maximum absolute atomic E-state index is 11.2. The minimum Gasteiger partial charge on any atom is -0.303 e. The van der Waals surface area contributed by atoms with Crippen LogP contribution in [0.1, 0.15) is 32.3 Å². The quantitative estimate of drug-likeness (QED) is 0.712. The second kappa shape index (κ2) is 7.05. The Kier molecular flexibility index (Phi) is 6.03. The summed E-state index contributed by atoms with van der Waals surface area (Å²) in [6, 6.07) is 8.32. The van der Waals surface area contributed by atoms with Crippen molar-refractivity contribution in [1.29, 1.82) is 0 Å². The average Bonchev–Trinajstić information content (AvgIpc) is 2.32. The molecule has 18 heavy (non-hydrogen) atoms. The van der Waals surface area contributed by atoms with Gasteiger partial charge < -0.3 is 9.69 Å². The smallest absolute Gasteiger partial charge is 0.127 e. The van der Waals surface area contributed by atoms with Gasteiger partial charge in [0.25, 0.3) is 0 Å². The number of benzene rings is 1. The van der Waals surface area contributed by atoms with Crippen LogP contribution in [0.2, 0.25) is 0 Å². The minimum atomic E-state index is -0.223. The molecule has 100 valence electrons. The van der Waals surface area contributed by atoms with Crippen LogP contribution < -0.4 is 0 Å². The van der Waals surface area contributed by atoms with Gasteiger partial charge in [0.2, 0.25) is 0 Å². The van der Waals surface area contributed by atoms with Gasteiger partial charge in [0.1, 0.15) is 6.29 Å². The molecule has 0 aromatic heterocycles. The summed E-state index contributed by atoms with van der Waals surface area (Å²) in [5, 5.41) is 0. The van der Waals surface area contributed by atoms with Gasteiger partial charge in [-0.15, -0.1) is 0 Å². The first kappa shape index (κ1) is 15.4. The Labute approximate surface area is 119 Å². The van der Waals surface area contributed by atoms with Crippen molar-refractivity contribution >= 4 is 22.2 Å². The number of carbonyl (C=O) groups is 1. The first-order valence-electron chi connectivity index (χ1n) is 6.38. The molecule has 0 radical (unpaired) electrons. The highest BCUT2D eigenvalue weighted by Crippen LogP contribution is 2.22. The summed E-state index contributed by atoms with van der Waals surface area (Å²) in [5.41, 5.74) is 1.05. The number of rotatable bonds is 7. The van der Waals surface area contributed by atoms with Crippen LogP contribution in [-0.2, 0) is 11.3 Å². The fourth-order valence-electron chi connectivity index (χ4n) is 2.32. The lowest BCUT2D eigenvalue weighted by Crippen LogP contribution is -2.34. The maximum atomic E-state index is 11.2. The van der Waals surface area contributed by atoms with Gasteiger partial charge in [-0.3, -0.25) is 0 Å². The van der Waals surface area contributed by atoms with Crippen LogP contribution in [0.4, 0.5) is 0 Å². The lowest BCUT2D eigenvalue weighted by Gasteiger charge is -2.28. The first-order chi connectivity index (χ1) is 8.49. The zero-order chi connectivity index (χ0) is 13.6. The molecular formula is C15H22BrNO. The highest BCUT2D eigenvalue weighted by atomic mass is 79.9. The largest absolute Gasteiger partial charge is 0.303 e. The minimum absolute atomic E-state index is 0.223. The van der Waals surface area contributed by atoms with Gasteiger partial charge >= 0.3 is 0 Å². The van der Waals surface area contributed by atoms with E-state index in [-0.39, 0.29) is 5.41 Å². The normalized spacial score (nSPS) is 14.5. The third-order valence-corrected chi connectivity index (χ3v) is 3.63. The maximum Gasteiger partial charge on any atom is 0.127 e. The van der Waals surface area contributed by atoms with Crippen molar-refractivity contribution in [3.8, 4) is 0 Å². The van der Waals surface area contributed by atoms with Crippen molar-refractivity contribution < 1.29 is 4.79 Å². The van der Waals surface area contributed by atoms with Gasteiger partial charge in [0.05, 0.1) is 0 Å². The molecule has 0 amide bonds. The number of aldehydes is 1. The van der Waals surface area contributed by atoms with E-state index in [2.05, 4.69) is 46.9 Å². The Morgan fingerprint density at radius 3 is 2.44 bits per heavy atom. The fourth-order valence-corrected chi connectivity index (χ4v) is 2.58. The first-order valence-corrected chi connectivity index (χ1v) is 7.18. The van der Waals surface area contributed by atoms with E-state index < -0.39 is 0 Å². The molecule has 0 spiro atoms. The van der Waals surface area contributed by atoms with Crippen molar-refractivity contribution in [3.05, 3.63) is 34.3 Å². The molecule has 0 saturated carbocycles. The lowest BCUT2D eigenvalue weighted by atomic mass is 9.87. The van der Waals surface area contributed by atoms with Gasteiger partial charge in [0.15, 0.2) is 0 Å². The zero-order valence-electron chi connectivity index (χ0n) is 11.4.